The van der Waals surface area contributed by atoms with E-state index in [9.17, 15) is 4.79 Å². The summed E-state index contributed by atoms with van der Waals surface area (Å²) in [6.45, 7) is 12.0. The van der Waals surface area contributed by atoms with Gasteiger partial charge in [-0.2, -0.15) is 0 Å². The molecule has 1 fully saturated rings. The van der Waals surface area contributed by atoms with Gasteiger partial charge < -0.3 is 15.0 Å². The fourth-order valence-electron chi connectivity index (χ4n) is 3.41. The summed E-state index contributed by atoms with van der Waals surface area (Å²) in [6.07, 6.45) is 0. The van der Waals surface area contributed by atoms with E-state index in [1.807, 2.05) is 17.0 Å². The van der Waals surface area contributed by atoms with Gasteiger partial charge in [0.1, 0.15) is 0 Å². The highest BCUT2D eigenvalue weighted by molar-refractivity contribution is 6.30. The first-order chi connectivity index (χ1) is 14.3. The second-order valence-corrected chi connectivity index (χ2v) is 9.20. The molecule has 3 rings (SSSR count). The highest BCUT2D eigenvalue weighted by Crippen LogP contribution is 2.23. The van der Waals surface area contributed by atoms with Crippen LogP contribution in [0, 0.1) is 0 Å². The Labute approximate surface area is 185 Å². The first-order valence-corrected chi connectivity index (χ1v) is 10.9. The van der Waals surface area contributed by atoms with Crippen molar-refractivity contribution in [3.63, 3.8) is 0 Å². The molecular formula is C24H32ClN3O2. The van der Waals surface area contributed by atoms with E-state index >= 15 is 0 Å². The number of carbonyl (C=O) groups excluding carboxylic acids is 1. The number of urea groups is 1. The number of carbonyl (C=O) groups is 1. The molecule has 30 heavy (non-hydrogen) atoms. The lowest BCUT2D eigenvalue weighted by Crippen LogP contribution is -2.44. The number of hydrogen-bond donors (Lipinski definition) is 1. The third-order valence-corrected chi connectivity index (χ3v) is 5.62. The van der Waals surface area contributed by atoms with Crippen LogP contribution in [-0.4, -0.2) is 55.2 Å². The van der Waals surface area contributed by atoms with E-state index < -0.39 is 0 Å². The lowest BCUT2D eigenvalue weighted by molar-refractivity contribution is 0.0349. The first-order valence-electron chi connectivity index (χ1n) is 10.5. The zero-order valence-electron chi connectivity index (χ0n) is 18.2. The monoisotopic (exact) mass is 429 g/mol. The average Bonchev–Trinajstić information content (AvgIpc) is 2.73. The quantitative estimate of drug-likeness (QED) is 0.702. The van der Waals surface area contributed by atoms with E-state index in [4.69, 9.17) is 16.3 Å². The number of nitrogens with zero attached hydrogens (tertiary/aromatic N) is 2. The van der Waals surface area contributed by atoms with Gasteiger partial charge in [-0.25, -0.2) is 4.79 Å². The van der Waals surface area contributed by atoms with Crippen LogP contribution in [0.3, 0.4) is 0 Å². The summed E-state index contributed by atoms with van der Waals surface area (Å²) in [5.74, 6) is 0. The molecular weight excluding hydrogens is 398 g/mol. The topological polar surface area (TPSA) is 44.8 Å². The van der Waals surface area contributed by atoms with Gasteiger partial charge in [0.05, 0.1) is 13.2 Å². The second-order valence-electron chi connectivity index (χ2n) is 8.76. The van der Waals surface area contributed by atoms with Gasteiger partial charge in [-0.05, 0) is 40.8 Å². The van der Waals surface area contributed by atoms with Gasteiger partial charge in [-0.3, -0.25) is 4.90 Å². The van der Waals surface area contributed by atoms with Crippen LogP contribution in [0.2, 0.25) is 5.02 Å². The SMILES string of the molecule is CC(C)(C)c1ccc(CN(CCN2CCOCC2)C(=O)Nc2ccc(Cl)cc2)cc1. The fourth-order valence-corrected chi connectivity index (χ4v) is 3.53. The van der Waals surface area contributed by atoms with Crippen LogP contribution in [0.1, 0.15) is 31.9 Å². The Morgan fingerprint density at radius 1 is 1.07 bits per heavy atom. The highest BCUT2D eigenvalue weighted by atomic mass is 35.5. The Bertz CT molecular complexity index is 810. The smallest absolute Gasteiger partial charge is 0.322 e. The van der Waals surface area contributed by atoms with Crippen molar-refractivity contribution in [3.8, 4) is 0 Å². The van der Waals surface area contributed by atoms with Gasteiger partial charge in [-0.15, -0.1) is 0 Å². The van der Waals surface area contributed by atoms with Crippen molar-refractivity contribution in [2.75, 3.05) is 44.7 Å². The Morgan fingerprint density at radius 3 is 2.30 bits per heavy atom. The molecule has 0 aromatic heterocycles. The van der Waals surface area contributed by atoms with Crippen LogP contribution in [0.25, 0.3) is 0 Å². The number of halogens is 1. The molecule has 1 saturated heterocycles. The number of rotatable bonds is 6. The molecule has 0 radical (unpaired) electrons. The summed E-state index contributed by atoms with van der Waals surface area (Å²) < 4.78 is 5.43. The largest absolute Gasteiger partial charge is 0.379 e. The van der Waals surface area contributed by atoms with E-state index in [0.29, 0.717) is 18.1 Å². The van der Waals surface area contributed by atoms with Crippen molar-refractivity contribution in [2.24, 2.45) is 0 Å². The molecule has 0 aliphatic carbocycles. The molecule has 2 aromatic rings. The van der Waals surface area contributed by atoms with Crippen molar-refractivity contribution in [3.05, 3.63) is 64.7 Å². The van der Waals surface area contributed by atoms with Crippen molar-refractivity contribution in [2.45, 2.75) is 32.7 Å². The Kier molecular flexibility index (Phi) is 7.75. The maximum Gasteiger partial charge on any atom is 0.322 e. The Hall–Kier alpha value is -2.08. The molecule has 0 saturated carbocycles. The highest BCUT2D eigenvalue weighted by Gasteiger charge is 2.18. The van der Waals surface area contributed by atoms with Crippen LogP contribution in [0.5, 0.6) is 0 Å². The van der Waals surface area contributed by atoms with Gasteiger partial charge in [0.2, 0.25) is 0 Å². The van der Waals surface area contributed by atoms with E-state index in [0.717, 1.165) is 44.1 Å². The number of ether oxygens (including phenoxy) is 1. The van der Waals surface area contributed by atoms with Gasteiger partial charge in [0, 0.05) is 43.4 Å². The van der Waals surface area contributed by atoms with E-state index in [1.165, 1.54) is 5.56 Å². The number of nitrogens with one attached hydrogen (secondary N) is 1. The van der Waals surface area contributed by atoms with E-state index in [1.54, 1.807) is 12.1 Å². The summed E-state index contributed by atoms with van der Waals surface area (Å²) in [6, 6.07) is 15.7. The fraction of sp³-hybridized carbons (Fsp3) is 0.458. The standard InChI is InChI=1S/C24H32ClN3O2/c1-24(2,3)20-6-4-19(5-7-20)18-28(13-12-27-14-16-30-17-15-27)23(29)26-22-10-8-21(25)9-11-22/h4-11H,12-18H2,1-3H3,(H,26,29). The van der Waals surface area contributed by atoms with E-state index in [2.05, 4.69) is 55.3 Å². The summed E-state index contributed by atoms with van der Waals surface area (Å²) in [4.78, 5) is 17.3. The lowest BCUT2D eigenvalue weighted by Gasteiger charge is -2.30. The summed E-state index contributed by atoms with van der Waals surface area (Å²) in [5.41, 5.74) is 3.26. The molecule has 1 aliphatic rings. The minimum Gasteiger partial charge on any atom is -0.379 e. The summed E-state index contributed by atoms with van der Waals surface area (Å²) in [5, 5.41) is 3.65. The normalized spacial score (nSPS) is 15.1. The third kappa shape index (κ3) is 6.73. The zero-order chi connectivity index (χ0) is 21.6. The number of benzene rings is 2. The average molecular weight is 430 g/mol. The van der Waals surface area contributed by atoms with Crippen molar-refractivity contribution < 1.29 is 9.53 Å². The molecule has 0 spiro atoms. The van der Waals surface area contributed by atoms with Gasteiger partial charge >= 0.3 is 6.03 Å². The van der Waals surface area contributed by atoms with Crippen molar-refractivity contribution in [1.82, 2.24) is 9.80 Å². The van der Waals surface area contributed by atoms with Crippen molar-refractivity contribution in [1.29, 1.82) is 0 Å². The van der Waals surface area contributed by atoms with Crippen LogP contribution >= 0.6 is 11.6 Å². The molecule has 5 nitrogen and oxygen atoms in total. The van der Waals surface area contributed by atoms with Gasteiger partial charge in [0.25, 0.3) is 0 Å². The molecule has 6 heteroatoms. The molecule has 1 N–H and O–H groups in total. The van der Waals surface area contributed by atoms with Crippen LogP contribution in [0.4, 0.5) is 10.5 Å². The number of anilines is 1. The molecule has 1 heterocycles. The molecule has 0 atom stereocenters. The lowest BCUT2D eigenvalue weighted by atomic mass is 9.87. The van der Waals surface area contributed by atoms with Crippen LogP contribution in [-0.2, 0) is 16.7 Å². The minimum atomic E-state index is -0.106. The van der Waals surface area contributed by atoms with Gasteiger partial charge in [0.15, 0.2) is 0 Å². The van der Waals surface area contributed by atoms with Crippen molar-refractivity contribution >= 4 is 23.3 Å². The molecule has 2 amide bonds. The number of morpholine rings is 1. The zero-order valence-corrected chi connectivity index (χ0v) is 18.9. The second kappa shape index (κ2) is 10.3. The first kappa shape index (κ1) is 22.6. The van der Waals surface area contributed by atoms with Crippen LogP contribution in [0.15, 0.2) is 48.5 Å². The molecule has 2 aromatic carbocycles. The molecule has 0 unspecified atom stereocenters. The molecule has 162 valence electrons. The third-order valence-electron chi connectivity index (χ3n) is 5.37. The predicted octanol–water partition coefficient (Wildman–Crippen LogP) is 5.00. The predicted molar refractivity (Wildman–Crippen MR) is 123 cm³/mol. The maximum atomic E-state index is 13.0. The van der Waals surface area contributed by atoms with Gasteiger partial charge in [-0.1, -0.05) is 56.6 Å². The summed E-state index contributed by atoms with van der Waals surface area (Å²) >= 11 is 5.96. The number of amides is 2. The minimum absolute atomic E-state index is 0.106. The molecule has 0 bridgehead atoms. The maximum absolute atomic E-state index is 13.0. The van der Waals surface area contributed by atoms with E-state index in [-0.39, 0.29) is 11.4 Å². The Morgan fingerprint density at radius 2 is 1.70 bits per heavy atom. The molecule has 1 aliphatic heterocycles. The summed E-state index contributed by atoms with van der Waals surface area (Å²) in [7, 11) is 0. The Balaban J connectivity index is 1.68. The number of hydrogen-bond acceptors (Lipinski definition) is 3. The van der Waals surface area contributed by atoms with Crippen LogP contribution < -0.4 is 5.32 Å².